The normalized spacial score (nSPS) is 14.9. The van der Waals surface area contributed by atoms with Crippen LogP contribution in [0, 0.1) is 0 Å². The van der Waals surface area contributed by atoms with Gasteiger partial charge in [-0.25, -0.2) is 4.79 Å². The average Bonchev–Trinajstić information content (AvgIpc) is 2.67. The summed E-state index contributed by atoms with van der Waals surface area (Å²) in [6.45, 7) is 4.11. The van der Waals surface area contributed by atoms with Crippen LogP contribution in [-0.2, 0) is 17.8 Å². The lowest BCUT2D eigenvalue weighted by atomic mass is 10.1. The molecule has 4 heteroatoms. The quantitative estimate of drug-likeness (QED) is 0.806. The number of carbonyl (C=O) groups is 1. The first kappa shape index (κ1) is 17.5. The number of anilines is 1. The molecule has 0 spiro atoms. The monoisotopic (exact) mass is 338 g/mol. The zero-order valence-electron chi connectivity index (χ0n) is 14.8. The zero-order valence-corrected chi connectivity index (χ0v) is 14.8. The number of methoxy groups -OCH3 is 1. The van der Waals surface area contributed by atoms with Crippen LogP contribution >= 0.6 is 0 Å². The van der Waals surface area contributed by atoms with Crippen LogP contribution in [0.15, 0.2) is 48.5 Å². The first-order valence-electron chi connectivity index (χ1n) is 8.97. The summed E-state index contributed by atoms with van der Waals surface area (Å²) in [5, 5.41) is 3.45. The number of esters is 1. The predicted molar refractivity (Wildman–Crippen MR) is 101 cm³/mol. The molecule has 3 rings (SSSR count). The van der Waals surface area contributed by atoms with Gasteiger partial charge in [-0.1, -0.05) is 30.7 Å². The van der Waals surface area contributed by atoms with E-state index in [-0.39, 0.29) is 5.97 Å². The van der Waals surface area contributed by atoms with Gasteiger partial charge in [0.15, 0.2) is 0 Å². The van der Waals surface area contributed by atoms with E-state index in [2.05, 4.69) is 34.5 Å². The summed E-state index contributed by atoms with van der Waals surface area (Å²) in [4.78, 5) is 14.2. The van der Waals surface area contributed by atoms with Crippen LogP contribution in [0.25, 0.3) is 0 Å². The van der Waals surface area contributed by atoms with Gasteiger partial charge in [0.05, 0.1) is 12.7 Å². The average molecular weight is 338 g/mol. The lowest BCUT2D eigenvalue weighted by Gasteiger charge is -2.26. The van der Waals surface area contributed by atoms with Crippen molar-refractivity contribution in [3.63, 3.8) is 0 Å². The number of rotatable bonds is 6. The molecule has 1 saturated heterocycles. The van der Waals surface area contributed by atoms with Crippen molar-refractivity contribution in [2.24, 2.45) is 0 Å². The Kier molecular flexibility index (Phi) is 6.07. The van der Waals surface area contributed by atoms with Crippen LogP contribution in [0.5, 0.6) is 0 Å². The van der Waals surface area contributed by atoms with Crippen LogP contribution in [0.4, 0.5) is 5.69 Å². The minimum Gasteiger partial charge on any atom is -0.465 e. The van der Waals surface area contributed by atoms with Crippen molar-refractivity contribution in [3.8, 4) is 0 Å². The number of hydrogen-bond acceptors (Lipinski definition) is 4. The number of carbonyl (C=O) groups excluding carboxylic acids is 1. The summed E-state index contributed by atoms with van der Waals surface area (Å²) in [6.07, 6.45) is 3.99. The van der Waals surface area contributed by atoms with Crippen molar-refractivity contribution in [3.05, 3.63) is 65.2 Å². The Morgan fingerprint density at radius 3 is 2.60 bits per heavy atom. The first-order chi connectivity index (χ1) is 12.2. The fraction of sp³-hybridized carbons (Fsp3) is 0.381. The van der Waals surface area contributed by atoms with Crippen molar-refractivity contribution in [1.29, 1.82) is 0 Å². The largest absolute Gasteiger partial charge is 0.465 e. The van der Waals surface area contributed by atoms with E-state index in [1.165, 1.54) is 45.0 Å². The van der Waals surface area contributed by atoms with Gasteiger partial charge in [0.2, 0.25) is 0 Å². The van der Waals surface area contributed by atoms with E-state index < -0.39 is 0 Å². The minimum absolute atomic E-state index is 0.301. The highest BCUT2D eigenvalue weighted by Crippen LogP contribution is 2.17. The van der Waals surface area contributed by atoms with Crippen molar-refractivity contribution < 1.29 is 9.53 Å². The third-order valence-electron chi connectivity index (χ3n) is 4.63. The van der Waals surface area contributed by atoms with Gasteiger partial charge in [0.25, 0.3) is 0 Å². The highest BCUT2D eigenvalue weighted by molar-refractivity contribution is 5.89. The van der Waals surface area contributed by atoms with E-state index in [0.717, 1.165) is 17.8 Å². The van der Waals surface area contributed by atoms with Crippen molar-refractivity contribution in [2.45, 2.75) is 32.4 Å². The summed E-state index contributed by atoms with van der Waals surface area (Å²) >= 11 is 0. The molecule has 0 bridgehead atoms. The van der Waals surface area contributed by atoms with Crippen molar-refractivity contribution >= 4 is 11.7 Å². The summed E-state index contributed by atoms with van der Waals surface area (Å²) in [5.74, 6) is -0.301. The molecule has 132 valence electrons. The second kappa shape index (κ2) is 8.67. The fourth-order valence-electron chi connectivity index (χ4n) is 3.29. The second-order valence-corrected chi connectivity index (χ2v) is 6.58. The van der Waals surface area contributed by atoms with E-state index in [1.807, 2.05) is 18.2 Å². The van der Waals surface area contributed by atoms with Gasteiger partial charge in [-0.3, -0.25) is 4.90 Å². The third kappa shape index (κ3) is 5.07. The first-order valence-corrected chi connectivity index (χ1v) is 8.97. The molecule has 1 heterocycles. The molecule has 25 heavy (non-hydrogen) atoms. The molecule has 4 nitrogen and oxygen atoms in total. The number of nitrogens with zero attached hydrogens (tertiary/aromatic N) is 1. The molecule has 1 aliphatic heterocycles. The van der Waals surface area contributed by atoms with Crippen LogP contribution < -0.4 is 5.32 Å². The minimum atomic E-state index is -0.301. The topological polar surface area (TPSA) is 41.6 Å². The number of piperidine rings is 1. The highest BCUT2D eigenvalue weighted by atomic mass is 16.5. The highest BCUT2D eigenvalue weighted by Gasteiger charge is 2.10. The second-order valence-electron chi connectivity index (χ2n) is 6.58. The van der Waals surface area contributed by atoms with Crippen molar-refractivity contribution in [2.75, 3.05) is 25.5 Å². The van der Waals surface area contributed by atoms with E-state index in [9.17, 15) is 4.79 Å². The maximum Gasteiger partial charge on any atom is 0.337 e. The van der Waals surface area contributed by atoms with E-state index >= 15 is 0 Å². The molecule has 1 aliphatic rings. The molecule has 0 radical (unpaired) electrons. The molecule has 0 unspecified atom stereocenters. The summed E-state index contributed by atoms with van der Waals surface area (Å²) in [7, 11) is 1.40. The number of ether oxygens (including phenoxy) is 1. The summed E-state index contributed by atoms with van der Waals surface area (Å²) in [5.41, 5.74) is 4.10. The van der Waals surface area contributed by atoms with Crippen molar-refractivity contribution in [1.82, 2.24) is 4.90 Å². The third-order valence-corrected chi connectivity index (χ3v) is 4.63. The maximum absolute atomic E-state index is 11.6. The molecule has 0 aliphatic carbocycles. The van der Waals surface area contributed by atoms with Gasteiger partial charge >= 0.3 is 5.97 Å². The lowest BCUT2D eigenvalue weighted by molar-refractivity contribution is 0.0600. The van der Waals surface area contributed by atoms with Gasteiger partial charge in [-0.15, -0.1) is 0 Å². The number of nitrogens with one attached hydrogen (secondary N) is 1. The fourth-order valence-corrected chi connectivity index (χ4v) is 3.29. The molecule has 1 fully saturated rings. The molecule has 0 atom stereocenters. The Hall–Kier alpha value is -2.33. The Labute approximate surface area is 149 Å². The van der Waals surface area contributed by atoms with E-state index in [1.54, 1.807) is 6.07 Å². The predicted octanol–water partition coefficient (Wildman–Crippen LogP) is 4.07. The van der Waals surface area contributed by atoms with Gasteiger partial charge in [0.1, 0.15) is 0 Å². The van der Waals surface area contributed by atoms with E-state index in [4.69, 9.17) is 4.74 Å². The molecule has 2 aromatic rings. The Bertz CT molecular complexity index is 709. The van der Waals surface area contributed by atoms with Gasteiger partial charge in [-0.05, 0) is 61.3 Å². The summed E-state index contributed by atoms with van der Waals surface area (Å²) < 4.78 is 4.78. The van der Waals surface area contributed by atoms with Crippen LogP contribution in [0.2, 0.25) is 0 Å². The van der Waals surface area contributed by atoms with Gasteiger partial charge < -0.3 is 10.1 Å². The van der Waals surface area contributed by atoms with E-state index in [0.29, 0.717) is 12.1 Å². The molecule has 2 aromatic carbocycles. The number of likely N-dealkylation sites (tertiary alicyclic amines) is 1. The standard InChI is InChI=1S/C21H26N2O2/c1-25-21(24)19-9-5-7-17(13-19)15-22-20-10-6-8-18(14-20)16-23-11-3-2-4-12-23/h5-10,13-14,22H,2-4,11-12,15-16H2,1H3. The molecular formula is C21H26N2O2. The number of hydrogen-bond donors (Lipinski definition) is 1. The Balaban J connectivity index is 1.59. The Morgan fingerprint density at radius 2 is 1.80 bits per heavy atom. The van der Waals surface area contributed by atoms with Gasteiger partial charge in [-0.2, -0.15) is 0 Å². The smallest absolute Gasteiger partial charge is 0.337 e. The Morgan fingerprint density at radius 1 is 1.04 bits per heavy atom. The zero-order chi connectivity index (χ0) is 17.5. The SMILES string of the molecule is COC(=O)c1cccc(CNc2cccc(CN3CCCCC3)c2)c1. The maximum atomic E-state index is 11.6. The molecular weight excluding hydrogens is 312 g/mol. The molecule has 1 N–H and O–H groups in total. The molecule has 0 aromatic heterocycles. The molecule has 0 saturated carbocycles. The van der Waals surface area contributed by atoms with Crippen LogP contribution in [0.1, 0.15) is 40.7 Å². The summed E-state index contributed by atoms with van der Waals surface area (Å²) in [6, 6.07) is 16.1. The lowest BCUT2D eigenvalue weighted by Crippen LogP contribution is -2.29. The van der Waals surface area contributed by atoms with Gasteiger partial charge in [0, 0.05) is 18.8 Å². The number of benzene rings is 2. The van der Waals surface area contributed by atoms with Crippen LogP contribution in [0.3, 0.4) is 0 Å². The van der Waals surface area contributed by atoms with Crippen LogP contribution in [-0.4, -0.2) is 31.1 Å². The molecule has 0 amide bonds.